The van der Waals surface area contributed by atoms with Gasteiger partial charge in [0.15, 0.2) is 6.10 Å². The second kappa shape index (κ2) is 8.04. The smallest absolute Gasteiger partial charge is 0.263 e. The molecule has 6 heteroatoms. The van der Waals surface area contributed by atoms with E-state index in [1.807, 2.05) is 4.90 Å². The monoisotopic (exact) mass is 344 g/mol. The Balaban J connectivity index is 1.91. The van der Waals surface area contributed by atoms with Crippen molar-refractivity contribution in [2.24, 2.45) is 0 Å². The number of hydrogen-bond acceptors (Lipinski definition) is 3. The van der Waals surface area contributed by atoms with Crippen LogP contribution in [0.1, 0.15) is 20.3 Å². The van der Waals surface area contributed by atoms with Crippen molar-refractivity contribution in [1.29, 1.82) is 0 Å². The first-order chi connectivity index (χ1) is 10.5. The first kappa shape index (κ1) is 17.4. The van der Waals surface area contributed by atoms with E-state index < -0.39 is 6.10 Å². The minimum atomic E-state index is -0.575. The second-order valence-electron chi connectivity index (χ2n) is 5.50. The number of halogens is 2. The number of carbonyl (C=O) groups is 1. The van der Waals surface area contributed by atoms with Gasteiger partial charge in [0.25, 0.3) is 5.91 Å². The molecule has 1 heterocycles. The highest BCUT2D eigenvalue weighted by molar-refractivity contribution is 6.34. The predicted octanol–water partition coefficient (Wildman–Crippen LogP) is 3.31. The van der Waals surface area contributed by atoms with Crippen molar-refractivity contribution in [3.63, 3.8) is 0 Å². The van der Waals surface area contributed by atoms with Crippen molar-refractivity contribution in [2.45, 2.75) is 26.4 Å². The molecule has 122 valence electrons. The third-order valence-corrected chi connectivity index (χ3v) is 4.32. The molecule has 0 unspecified atom stereocenters. The van der Waals surface area contributed by atoms with E-state index in [2.05, 4.69) is 11.8 Å². The molecule has 2 rings (SSSR count). The Hall–Kier alpha value is -0.970. The van der Waals surface area contributed by atoms with E-state index in [4.69, 9.17) is 27.9 Å². The van der Waals surface area contributed by atoms with Gasteiger partial charge in [-0.25, -0.2) is 0 Å². The van der Waals surface area contributed by atoms with Gasteiger partial charge in [-0.15, -0.1) is 0 Å². The molecular weight excluding hydrogens is 323 g/mol. The third-order valence-electron chi connectivity index (χ3n) is 3.77. The van der Waals surface area contributed by atoms with E-state index in [1.165, 1.54) is 0 Å². The maximum atomic E-state index is 12.5. The molecular formula is C16H22Cl2N2O2. The molecule has 1 saturated heterocycles. The molecule has 0 bridgehead atoms. The standard InChI is InChI=1S/C16H22Cl2N2O2/c1-3-6-19-7-9-20(10-8-19)16(21)12(2)22-15-11-13(17)4-5-14(15)18/h4-5,11-12H,3,6-10H2,1-2H3/t12-/m0/s1. The van der Waals surface area contributed by atoms with Gasteiger partial charge in [-0.05, 0) is 32.0 Å². The van der Waals surface area contributed by atoms with Crippen LogP contribution in [0.3, 0.4) is 0 Å². The first-order valence-corrected chi connectivity index (χ1v) is 8.39. The van der Waals surface area contributed by atoms with Crippen molar-refractivity contribution in [3.05, 3.63) is 28.2 Å². The number of rotatable bonds is 5. The van der Waals surface area contributed by atoms with E-state index in [9.17, 15) is 4.79 Å². The van der Waals surface area contributed by atoms with Crippen LogP contribution in [-0.4, -0.2) is 54.5 Å². The lowest BCUT2D eigenvalue weighted by atomic mass is 10.2. The summed E-state index contributed by atoms with van der Waals surface area (Å²) in [6.45, 7) is 8.34. The molecule has 1 aliphatic heterocycles. The highest BCUT2D eigenvalue weighted by Gasteiger charge is 2.26. The summed E-state index contributed by atoms with van der Waals surface area (Å²) in [5.41, 5.74) is 0. The Morgan fingerprint density at radius 1 is 1.27 bits per heavy atom. The van der Waals surface area contributed by atoms with Crippen molar-refractivity contribution in [1.82, 2.24) is 9.80 Å². The highest BCUT2D eigenvalue weighted by Crippen LogP contribution is 2.28. The summed E-state index contributed by atoms with van der Waals surface area (Å²) in [5, 5.41) is 0.990. The van der Waals surface area contributed by atoms with Gasteiger partial charge in [-0.3, -0.25) is 9.69 Å². The number of benzene rings is 1. The molecule has 1 aliphatic rings. The van der Waals surface area contributed by atoms with Gasteiger partial charge in [-0.2, -0.15) is 0 Å². The van der Waals surface area contributed by atoms with Crippen LogP contribution in [0.4, 0.5) is 0 Å². The Morgan fingerprint density at radius 3 is 2.59 bits per heavy atom. The van der Waals surface area contributed by atoms with Gasteiger partial charge < -0.3 is 9.64 Å². The fraction of sp³-hybridized carbons (Fsp3) is 0.562. The molecule has 0 aliphatic carbocycles. The Bertz CT molecular complexity index is 517. The molecule has 4 nitrogen and oxygen atoms in total. The zero-order valence-corrected chi connectivity index (χ0v) is 14.5. The summed E-state index contributed by atoms with van der Waals surface area (Å²) < 4.78 is 5.69. The van der Waals surface area contributed by atoms with Crippen LogP contribution in [-0.2, 0) is 4.79 Å². The number of ether oxygens (including phenoxy) is 1. The maximum Gasteiger partial charge on any atom is 0.263 e. The maximum absolute atomic E-state index is 12.5. The zero-order valence-electron chi connectivity index (χ0n) is 13.0. The largest absolute Gasteiger partial charge is 0.479 e. The topological polar surface area (TPSA) is 32.8 Å². The summed E-state index contributed by atoms with van der Waals surface area (Å²) in [6.07, 6.45) is 0.564. The molecule has 1 aromatic rings. The normalized spacial score (nSPS) is 17.4. The Kier molecular flexibility index (Phi) is 6.36. The van der Waals surface area contributed by atoms with Crippen LogP contribution in [0.5, 0.6) is 5.75 Å². The number of piperazine rings is 1. The summed E-state index contributed by atoms with van der Waals surface area (Å²) in [7, 11) is 0. The van der Waals surface area contributed by atoms with Gasteiger partial charge in [0.2, 0.25) is 0 Å². The van der Waals surface area contributed by atoms with Crippen molar-refractivity contribution >= 4 is 29.1 Å². The molecule has 1 aromatic carbocycles. The van der Waals surface area contributed by atoms with Crippen LogP contribution < -0.4 is 4.74 Å². The Morgan fingerprint density at radius 2 is 1.95 bits per heavy atom. The number of hydrogen-bond donors (Lipinski definition) is 0. The molecule has 1 atom stereocenters. The fourth-order valence-electron chi connectivity index (χ4n) is 2.57. The fourth-order valence-corrected chi connectivity index (χ4v) is 2.90. The average Bonchev–Trinajstić information content (AvgIpc) is 2.51. The van der Waals surface area contributed by atoms with Crippen LogP contribution in [0.15, 0.2) is 18.2 Å². The highest BCUT2D eigenvalue weighted by atomic mass is 35.5. The summed E-state index contributed by atoms with van der Waals surface area (Å²) in [5.74, 6) is 0.437. The molecule has 22 heavy (non-hydrogen) atoms. The molecule has 1 fully saturated rings. The Labute approximate surface area is 141 Å². The minimum absolute atomic E-state index is 0.00723. The molecule has 0 saturated carbocycles. The lowest BCUT2D eigenvalue weighted by molar-refractivity contribution is -0.139. The lowest BCUT2D eigenvalue weighted by Gasteiger charge is -2.35. The summed E-state index contributed by atoms with van der Waals surface area (Å²) in [4.78, 5) is 16.7. The number of nitrogens with zero attached hydrogens (tertiary/aromatic N) is 2. The molecule has 0 spiro atoms. The van der Waals surface area contributed by atoms with E-state index in [1.54, 1.807) is 25.1 Å². The van der Waals surface area contributed by atoms with Gasteiger partial charge in [-0.1, -0.05) is 30.1 Å². The first-order valence-electron chi connectivity index (χ1n) is 7.64. The van der Waals surface area contributed by atoms with Gasteiger partial charge in [0.1, 0.15) is 5.75 Å². The lowest BCUT2D eigenvalue weighted by Crippen LogP contribution is -2.51. The van der Waals surface area contributed by atoms with Gasteiger partial charge in [0.05, 0.1) is 5.02 Å². The van der Waals surface area contributed by atoms with E-state index in [-0.39, 0.29) is 5.91 Å². The second-order valence-corrected chi connectivity index (χ2v) is 6.35. The average molecular weight is 345 g/mol. The predicted molar refractivity (Wildman–Crippen MR) is 89.9 cm³/mol. The van der Waals surface area contributed by atoms with Crippen LogP contribution in [0, 0.1) is 0 Å². The SMILES string of the molecule is CCCN1CCN(C(=O)[C@H](C)Oc2cc(Cl)ccc2Cl)CC1. The van der Waals surface area contributed by atoms with E-state index in [0.29, 0.717) is 15.8 Å². The van der Waals surface area contributed by atoms with Crippen LogP contribution >= 0.6 is 23.2 Å². The van der Waals surface area contributed by atoms with Gasteiger partial charge in [0, 0.05) is 37.3 Å². The van der Waals surface area contributed by atoms with E-state index >= 15 is 0 Å². The third kappa shape index (κ3) is 4.51. The van der Waals surface area contributed by atoms with Crippen molar-refractivity contribution in [2.75, 3.05) is 32.7 Å². The number of carbonyl (C=O) groups excluding carboxylic acids is 1. The summed E-state index contributed by atoms with van der Waals surface area (Å²) >= 11 is 12.0. The zero-order chi connectivity index (χ0) is 16.1. The molecule has 0 radical (unpaired) electrons. The molecule has 0 N–H and O–H groups in total. The van der Waals surface area contributed by atoms with E-state index in [0.717, 1.165) is 39.1 Å². The van der Waals surface area contributed by atoms with Crippen molar-refractivity contribution in [3.8, 4) is 5.75 Å². The van der Waals surface area contributed by atoms with Crippen molar-refractivity contribution < 1.29 is 9.53 Å². The quantitative estimate of drug-likeness (QED) is 0.821. The van der Waals surface area contributed by atoms with Gasteiger partial charge >= 0.3 is 0 Å². The molecule has 0 aromatic heterocycles. The summed E-state index contributed by atoms with van der Waals surface area (Å²) in [6, 6.07) is 4.99. The van der Waals surface area contributed by atoms with Crippen LogP contribution in [0.25, 0.3) is 0 Å². The number of amides is 1. The minimum Gasteiger partial charge on any atom is -0.479 e. The van der Waals surface area contributed by atoms with Crippen LogP contribution in [0.2, 0.25) is 10.0 Å². The molecule has 1 amide bonds.